The molecule has 2 atom stereocenters. The molecule has 1 aromatic heterocycles. The Balaban J connectivity index is 1.23. The van der Waals surface area contributed by atoms with Gasteiger partial charge < -0.3 is 4.90 Å². The standard InChI is InChI=1S/C21H31N5O3S/c1-16-14-18-19(15-17(16)2)30(28,29)26(20(18)27)9-4-3-8-24-10-12-25(13-11-24)21-22-6-5-7-23-21/h5-7,18-19H,3-4,8-15H2,1-2H3. The zero-order chi connectivity index (χ0) is 21.3. The highest BCUT2D eigenvalue weighted by atomic mass is 32.2. The zero-order valence-corrected chi connectivity index (χ0v) is 18.6. The van der Waals surface area contributed by atoms with Crippen molar-refractivity contribution in [3.8, 4) is 0 Å². The van der Waals surface area contributed by atoms with Crippen molar-refractivity contribution in [2.45, 2.75) is 44.8 Å². The molecule has 2 fully saturated rings. The number of hydrogen-bond acceptors (Lipinski definition) is 7. The van der Waals surface area contributed by atoms with Crippen LogP contribution >= 0.6 is 0 Å². The summed E-state index contributed by atoms with van der Waals surface area (Å²) in [5.74, 6) is 0.201. The Hall–Kier alpha value is -2.00. The molecule has 164 valence electrons. The summed E-state index contributed by atoms with van der Waals surface area (Å²) in [5.41, 5.74) is 2.29. The fraction of sp³-hybridized carbons (Fsp3) is 0.667. The molecule has 8 nitrogen and oxygen atoms in total. The summed E-state index contributed by atoms with van der Waals surface area (Å²) in [6, 6.07) is 1.82. The average Bonchev–Trinajstić information content (AvgIpc) is 2.92. The van der Waals surface area contributed by atoms with E-state index >= 15 is 0 Å². The number of anilines is 1. The summed E-state index contributed by atoms with van der Waals surface area (Å²) >= 11 is 0. The van der Waals surface area contributed by atoms with Gasteiger partial charge in [0.1, 0.15) is 0 Å². The van der Waals surface area contributed by atoms with Gasteiger partial charge in [0.15, 0.2) is 0 Å². The van der Waals surface area contributed by atoms with E-state index in [4.69, 9.17) is 0 Å². The van der Waals surface area contributed by atoms with E-state index in [2.05, 4.69) is 19.8 Å². The first-order valence-corrected chi connectivity index (χ1v) is 12.3. The smallest absolute Gasteiger partial charge is 0.241 e. The number of carbonyl (C=O) groups is 1. The number of fused-ring (bicyclic) bond motifs is 1. The van der Waals surface area contributed by atoms with Gasteiger partial charge >= 0.3 is 0 Å². The minimum Gasteiger partial charge on any atom is -0.338 e. The molecule has 30 heavy (non-hydrogen) atoms. The maximum absolute atomic E-state index is 12.9. The average molecular weight is 434 g/mol. The molecule has 2 aliphatic heterocycles. The predicted octanol–water partition coefficient (Wildman–Crippen LogP) is 1.67. The van der Waals surface area contributed by atoms with Crippen LogP contribution < -0.4 is 4.90 Å². The number of allylic oxidation sites excluding steroid dienone is 2. The lowest BCUT2D eigenvalue weighted by molar-refractivity contribution is -0.129. The van der Waals surface area contributed by atoms with Crippen LogP contribution in [0.1, 0.15) is 39.5 Å². The highest BCUT2D eigenvalue weighted by molar-refractivity contribution is 7.90. The molecule has 9 heteroatoms. The third-order valence-corrected chi connectivity index (χ3v) is 8.99. The maximum atomic E-state index is 12.9. The van der Waals surface area contributed by atoms with E-state index in [9.17, 15) is 13.2 Å². The molecule has 0 spiro atoms. The van der Waals surface area contributed by atoms with Crippen LogP contribution in [0.2, 0.25) is 0 Å². The fourth-order valence-corrected chi connectivity index (χ4v) is 6.93. The summed E-state index contributed by atoms with van der Waals surface area (Å²) in [6.45, 7) is 8.87. The van der Waals surface area contributed by atoms with E-state index < -0.39 is 15.3 Å². The Morgan fingerprint density at radius 2 is 1.60 bits per heavy atom. The van der Waals surface area contributed by atoms with E-state index in [0.29, 0.717) is 25.8 Å². The van der Waals surface area contributed by atoms with Crippen molar-refractivity contribution in [1.82, 2.24) is 19.2 Å². The quantitative estimate of drug-likeness (QED) is 0.498. The van der Waals surface area contributed by atoms with Crippen LogP contribution in [-0.4, -0.2) is 78.0 Å². The molecular formula is C21H31N5O3S. The van der Waals surface area contributed by atoms with E-state index in [1.807, 2.05) is 19.9 Å². The minimum absolute atomic E-state index is 0.191. The molecule has 0 saturated carbocycles. The summed E-state index contributed by atoms with van der Waals surface area (Å²) in [5, 5.41) is -0.554. The number of rotatable bonds is 6. The SMILES string of the molecule is CC1=C(C)CC2C(C1)C(=O)N(CCCCN1CCN(c3ncccn3)CC1)S2(=O)=O. The van der Waals surface area contributed by atoms with E-state index in [1.54, 1.807) is 12.4 Å². The molecule has 3 aliphatic rings. The van der Waals surface area contributed by atoms with Gasteiger partial charge in [0, 0.05) is 45.1 Å². The molecule has 0 radical (unpaired) electrons. The van der Waals surface area contributed by atoms with Crippen molar-refractivity contribution >= 4 is 21.9 Å². The zero-order valence-electron chi connectivity index (χ0n) is 17.8. The van der Waals surface area contributed by atoms with Crippen molar-refractivity contribution in [3.05, 3.63) is 29.6 Å². The lowest BCUT2D eigenvalue weighted by atomic mass is 9.84. The number of piperazine rings is 1. The molecule has 2 unspecified atom stereocenters. The molecule has 0 bridgehead atoms. The first kappa shape index (κ1) is 21.2. The summed E-state index contributed by atoms with van der Waals surface area (Å²) in [4.78, 5) is 26.0. The van der Waals surface area contributed by atoms with E-state index in [-0.39, 0.29) is 11.8 Å². The number of sulfonamides is 1. The predicted molar refractivity (Wildman–Crippen MR) is 115 cm³/mol. The maximum Gasteiger partial charge on any atom is 0.241 e. The van der Waals surface area contributed by atoms with Crippen LogP contribution in [0.3, 0.4) is 0 Å². The highest BCUT2D eigenvalue weighted by Crippen LogP contribution is 2.41. The minimum atomic E-state index is -3.52. The number of nitrogens with zero attached hydrogens (tertiary/aromatic N) is 5. The Kier molecular flexibility index (Phi) is 6.11. The number of carbonyl (C=O) groups excluding carboxylic acids is 1. The molecule has 2 saturated heterocycles. The van der Waals surface area contributed by atoms with E-state index in [1.165, 1.54) is 9.88 Å². The summed E-state index contributed by atoms with van der Waals surface area (Å²) < 4.78 is 27.0. The number of aromatic nitrogens is 2. The topological polar surface area (TPSA) is 86.7 Å². The van der Waals surface area contributed by atoms with Crippen molar-refractivity contribution in [2.24, 2.45) is 5.92 Å². The second kappa shape index (κ2) is 8.63. The van der Waals surface area contributed by atoms with Gasteiger partial charge in [-0.15, -0.1) is 0 Å². The van der Waals surface area contributed by atoms with Gasteiger partial charge in [-0.1, -0.05) is 11.1 Å². The molecule has 0 N–H and O–H groups in total. The molecule has 1 amide bonds. The monoisotopic (exact) mass is 433 g/mol. The van der Waals surface area contributed by atoms with Gasteiger partial charge in [-0.05, 0) is 52.1 Å². The lowest BCUT2D eigenvalue weighted by Gasteiger charge is -2.34. The third kappa shape index (κ3) is 4.09. The van der Waals surface area contributed by atoms with E-state index in [0.717, 1.165) is 50.7 Å². The van der Waals surface area contributed by atoms with Crippen LogP contribution in [0.5, 0.6) is 0 Å². The summed E-state index contributed by atoms with van der Waals surface area (Å²) in [6.07, 6.45) is 6.19. The van der Waals surface area contributed by atoms with Crippen LogP contribution in [0, 0.1) is 5.92 Å². The summed E-state index contributed by atoms with van der Waals surface area (Å²) in [7, 11) is -3.52. The van der Waals surface area contributed by atoms with Gasteiger partial charge in [0.25, 0.3) is 0 Å². The molecule has 1 aromatic rings. The van der Waals surface area contributed by atoms with Crippen LogP contribution in [0.15, 0.2) is 29.6 Å². The van der Waals surface area contributed by atoms with Crippen LogP contribution in [0.4, 0.5) is 5.95 Å². The fourth-order valence-electron chi connectivity index (χ4n) is 4.74. The van der Waals surface area contributed by atoms with Crippen LogP contribution in [-0.2, 0) is 14.8 Å². The molecular weight excluding hydrogens is 402 g/mol. The third-order valence-electron chi connectivity index (χ3n) is 6.76. The Labute approximate surface area is 179 Å². The molecule has 4 rings (SSSR count). The first-order valence-electron chi connectivity index (χ1n) is 10.8. The van der Waals surface area contributed by atoms with Gasteiger partial charge in [-0.25, -0.2) is 22.7 Å². The second-order valence-electron chi connectivity index (χ2n) is 8.65. The second-order valence-corrected chi connectivity index (χ2v) is 10.7. The Morgan fingerprint density at radius 3 is 2.30 bits per heavy atom. The lowest BCUT2D eigenvalue weighted by Crippen LogP contribution is -2.47. The first-order chi connectivity index (χ1) is 14.4. The molecule has 3 heterocycles. The highest BCUT2D eigenvalue weighted by Gasteiger charge is 2.53. The molecule has 0 aromatic carbocycles. The number of hydrogen-bond donors (Lipinski definition) is 0. The van der Waals surface area contributed by atoms with Crippen molar-refractivity contribution in [1.29, 1.82) is 0 Å². The van der Waals surface area contributed by atoms with Gasteiger partial charge in [0.2, 0.25) is 21.9 Å². The number of amides is 1. The molecule has 1 aliphatic carbocycles. The Morgan fingerprint density at radius 1 is 0.967 bits per heavy atom. The van der Waals surface area contributed by atoms with Gasteiger partial charge in [-0.3, -0.25) is 9.69 Å². The van der Waals surface area contributed by atoms with Crippen molar-refractivity contribution < 1.29 is 13.2 Å². The van der Waals surface area contributed by atoms with Crippen LogP contribution in [0.25, 0.3) is 0 Å². The largest absolute Gasteiger partial charge is 0.338 e. The number of unbranched alkanes of at least 4 members (excludes halogenated alkanes) is 1. The van der Waals surface area contributed by atoms with Crippen molar-refractivity contribution in [3.63, 3.8) is 0 Å². The van der Waals surface area contributed by atoms with Crippen molar-refractivity contribution in [2.75, 3.05) is 44.2 Å². The van der Waals surface area contributed by atoms with Gasteiger partial charge in [-0.2, -0.15) is 0 Å². The Bertz CT molecular complexity index is 910. The normalized spacial score (nSPS) is 26.9. The van der Waals surface area contributed by atoms with Gasteiger partial charge in [0.05, 0.1) is 11.2 Å².